The van der Waals surface area contributed by atoms with Crippen molar-refractivity contribution in [1.29, 1.82) is 0 Å². The Balaban J connectivity index is 1.71. The number of aromatic nitrogens is 4. The quantitative estimate of drug-likeness (QED) is 0.732. The first kappa shape index (κ1) is 18.2. The van der Waals surface area contributed by atoms with Crippen molar-refractivity contribution in [2.75, 3.05) is 13.1 Å². The van der Waals surface area contributed by atoms with Gasteiger partial charge in [0.15, 0.2) is 0 Å². The van der Waals surface area contributed by atoms with Crippen LogP contribution < -0.4 is 0 Å². The zero-order valence-corrected chi connectivity index (χ0v) is 15.2. The molecule has 28 heavy (non-hydrogen) atoms. The number of hydrogen-bond donors (Lipinski definition) is 1. The Morgan fingerprint density at radius 1 is 1.25 bits per heavy atom. The van der Waals surface area contributed by atoms with Gasteiger partial charge in [-0.3, -0.25) is 14.7 Å². The summed E-state index contributed by atoms with van der Waals surface area (Å²) in [5.41, 5.74) is 2.92. The summed E-state index contributed by atoms with van der Waals surface area (Å²) in [5, 5.41) is 17.9. The van der Waals surface area contributed by atoms with Crippen molar-refractivity contribution in [3.8, 4) is 16.9 Å². The average Bonchev–Trinajstić information content (AvgIpc) is 3.12. The Morgan fingerprint density at radius 2 is 2.07 bits per heavy atom. The Kier molecular flexibility index (Phi) is 5.12. The summed E-state index contributed by atoms with van der Waals surface area (Å²) < 4.78 is 15.4. The molecule has 7 nitrogen and oxygen atoms in total. The van der Waals surface area contributed by atoms with Crippen LogP contribution in [0.5, 0.6) is 0 Å². The molecule has 3 aromatic rings. The van der Waals surface area contributed by atoms with Crippen molar-refractivity contribution in [3.63, 3.8) is 0 Å². The number of nitrogens with zero attached hydrogens (tertiary/aromatic N) is 5. The highest BCUT2D eigenvalue weighted by Gasteiger charge is 2.27. The van der Waals surface area contributed by atoms with Gasteiger partial charge < -0.3 is 5.11 Å². The maximum atomic E-state index is 13.7. The summed E-state index contributed by atoms with van der Waals surface area (Å²) in [4.78, 5) is 17.5. The van der Waals surface area contributed by atoms with Crippen molar-refractivity contribution >= 4 is 5.97 Å². The lowest BCUT2D eigenvalue weighted by atomic mass is 9.98. The van der Waals surface area contributed by atoms with Gasteiger partial charge >= 0.3 is 5.97 Å². The first-order chi connectivity index (χ1) is 13.6. The molecule has 0 aliphatic carbocycles. The Morgan fingerprint density at radius 3 is 2.82 bits per heavy atom. The van der Waals surface area contributed by atoms with Gasteiger partial charge in [-0.05, 0) is 49.7 Å². The fourth-order valence-corrected chi connectivity index (χ4v) is 3.62. The van der Waals surface area contributed by atoms with Crippen LogP contribution in [0.1, 0.15) is 18.5 Å². The van der Waals surface area contributed by atoms with Crippen LogP contribution in [-0.4, -0.2) is 49.0 Å². The molecule has 1 aliphatic heterocycles. The van der Waals surface area contributed by atoms with Crippen molar-refractivity contribution in [2.24, 2.45) is 5.92 Å². The topological polar surface area (TPSA) is 84.1 Å². The fourth-order valence-electron chi connectivity index (χ4n) is 3.62. The van der Waals surface area contributed by atoms with Gasteiger partial charge in [-0.15, -0.1) is 5.10 Å². The van der Waals surface area contributed by atoms with Gasteiger partial charge in [-0.25, -0.2) is 9.07 Å². The van der Waals surface area contributed by atoms with Crippen LogP contribution in [0.15, 0.2) is 48.8 Å². The van der Waals surface area contributed by atoms with E-state index in [9.17, 15) is 14.3 Å². The van der Waals surface area contributed by atoms with E-state index in [0.29, 0.717) is 25.2 Å². The minimum absolute atomic E-state index is 0.351. The molecule has 1 aliphatic rings. The molecular weight excluding hydrogens is 361 g/mol. The lowest BCUT2D eigenvalue weighted by molar-refractivity contribution is -0.143. The SMILES string of the molecule is O=C(O)C1CCCN(Cc2nnn(-c3cccc(F)c3)c2-c2ccncc2)C1. The summed E-state index contributed by atoms with van der Waals surface area (Å²) in [7, 11) is 0. The molecule has 1 aromatic carbocycles. The van der Waals surface area contributed by atoms with Crippen LogP contribution in [-0.2, 0) is 11.3 Å². The number of carboxylic acids is 1. The van der Waals surface area contributed by atoms with E-state index in [2.05, 4.69) is 20.2 Å². The van der Waals surface area contributed by atoms with Gasteiger partial charge in [0, 0.05) is 31.0 Å². The summed E-state index contributed by atoms with van der Waals surface area (Å²) in [6.07, 6.45) is 4.89. The Hall–Kier alpha value is -3.13. The molecule has 1 N–H and O–H groups in total. The van der Waals surface area contributed by atoms with Gasteiger partial charge in [-0.2, -0.15) is 0 Å². The number of rotatable bonds is 5. The van der Waals surface area contributed by atoms with E-state index in [1.54, 1.807) is 29.2 Å². The molecule has 3 heterocycles. The number of aliphatic carboxylic acids is 1. The summed E-state index contributed by atoms with van der Waals surface area (Å²) in [6.45, 7) is 1.78. The zero-order chi connectivity index (χ0) is 19.5. The van der Waals surface area contributed by atoms with E-state index in [-0.39, 0.29) is 11.7 Å². The second-order valence-corrected chi connectivity index (χ2v) is 6.92. The molecular formula is C20H20FN5O2. The first-order valence-electron chi connectivity index (χ1n) is 9.18. The summed E-state index contributed by atoms with van der Waals surface area (Å²) in [6, 6.07) is 9.90. The highest BCUT2D eigenvalue weighted by molar-refractivity contribution is 5.70. The predicted molar refractivity (Wildman–Crippen MR) is 100 cm³/mol. The molecule has 1 saturated heterocycles. The van der Waals surface area contributed by atoms with Crippen molar-refractivity contribution in [3.05, 3.63) is 60.3 Å². The van der Waals surface area contributed by atoms with Crippen molar-refractivity contribution in [2.45, 2.75) is 19.4 Å². The average molecular weight is 381 g/mol. The third-order valence-electron chi connectivity index (χ3n) is 4.97. The van der Waals surface area contributed by atoms with Gasteiger partial charge in [0.05, 0.1) is 17.3 Å². The number of halogens is 1. The van der Waals surface area contributed by atoms with E-state index in [0.717, 1.165) is 29.9 Å². The predicted octanol–water partition coefficient (Wildman–Crippen LogP) is 2.77. The molecule has 1 atom stereocenters. The van der Waals surface area contributed by atoms with Crippen LogP contribution in [0.4, 0.5) is 4.39 Å². The standard InChI is InChI=1S/C20H20FN5O2/c21-16-4-1-5-17(11-16)26-19(14-6-8-22-9-7-14)18(23-24-26)13-25-10-2-3-15(12-25)20(27)28/h1,4-9,11,15H,2-3,10,12-13H2,(H,27,28). The maximum Gasteiger partial charge on any atom is 0.307 e. The third-order valence-corrected chi connectivity index (χ3v) is 4.97. The van der Waals surface area contributed by atoms with Gasteiger partial charge in [0.1, 0.15) is 11.5 Å². The highest BCUT2D eigenvalue weighted by atomic mass is 19.1. The monoisotopic (exact) mass is 381 g/mol. The molecule has 0 spiro atoms. The number of piperidine rings is 1. The van der Waals surface area contributed by atoms with E-state index in [1.807, 2.05) is 12.1 Å². The minimum Gasteiger partial charge on any atom is -0.481 e. The van der Waals surface area contributed by atoms with Crippen molar-refractivity contribution in [1.82, 2.24) is 24.9 Å². The number of pyridine rings is 1. The van der Waals surface area contributed by atoms with Gasteiger partial charge in [0.2, 0.25) is 0 Å². The lowest BCUT2D eigenvalue weighted by Gasteiger charge is -2.30. The number of carbonyl (C=O) groups is 1. The lowest BCUT2D eigenvalue weighted by Crippen LogP contribution is -2.38. The third kappa shape index (κ3) is 3.77. The van der Waals surface area contributed by atoms with E-state index < -0.39 is 5.97 Å². The molecule has 4 rings (SSSR count). The smallest absolute Gasteiger partial charge is 0.307 e. The highest BCUT2D eigenvalue weighted by Crippen LogP contribution is 2.27. The number of hydrogen-bond acceptors (Lipinski definition) is 5. The second-order valence-electron chi connectivity index (χ2n) is 6.92. The zero-order valence-electron chi connectivity index (χ0n) is 15.2. The van der Waals surface area contributed by atoms with E-state index >= 15 is 0 Å². The van der Waals surface area contributed by atoms with E-state index in [4.69, 9.17) is 0 Å². The largest absolute Gasteiger partial charge is 0.481 e. The number of likely N-dealkylation sites (tertiary alicyclic amines) is 1. The second kappa shape index (κ2) is 7.85. The molecule has 0 bridgehead atoms. The van der Waals surface area contributed by atoms with E-state index in [1.165, 1.54) is 12.1 Å². The molecule has 2 aromatic heterocycles. The Bertz CT molecular complexity index is 976. The molecule has 1 fully saturated rings. The normalized spacial score (nSPS) is 17.5. The molecule has 0 saturated carbocycles. The Labute approximate surface area is 161 Å². The minimum atomic E-state index is -0.762. The molecule has 0 amide bonds. The summed E-state index contributed by atoms with van der Waals surface area (Å²) >= 11 is 0. The van der Waals surface area contributed by atoms with Crippen LogP contribution in [0.3, 0.4) is 0 Å². The number of benzene rings is 1. The molecule has 1 unspecified atom stereocenters. The molecule has 144 valence electrons. The van der Waals surface area contributed by atoms with Crippen LogP contribution in [0, 0.1) is 11.7 Å². The van der Waals surface area contributed by atoms with Crippen LogP contribution >= 0.6 is 0 Å². The molecule has 8 heteroatoms. The van der Waals surface area contributed by atoms with Crippen LogP contribution in [0.25, 0.3) is 16.9 Å². The first-order valence-corrected chi connectivity index (χ1v) is 9.18. The maximum absolute atomic E-state index is 13.7. The summed E-state index contributed by atoms with van der Waals surface area (Å²) in [5.74, 6) is -1.48. The molecule has 0 radical (unpaired) electrons. The van der Waals surface area contributed by atoms with Gasteiger partial charge in [0.25, 0.3) is 0 Å². The van der Waals surface area contributed by atoms with Gasteiger partial charge in [-0.1, -0.05) is 11.3 Å². The van der Waals surface area contributed by atoms with Crippen molar-refractivity contribution < 1.29 is 14.3 Å². The van der Waals surface area contributed by atoms with Crippen LogP contribution in [0.2, 0.25) is 0 Å². The fraction of sp³-hybridized carbons (Fsp3) is 0.300. The number of carboxylic acid groups (broad SMARTS) is 1.